The molecule has 0 saturated carbocycles. The Hall–Kier alpha value is -0.693. The highest BCUT2D eigenvalue weighted by Gasteiger charge is 2.31. The fourth-order valence-electron chi connectivity index (χ4n) is 1.46. The summed E-state index contributed by atoms with van der Waals surface area (Å²) in [6, 6.07) is 5.39. The van der Waals surface area contributed by atoms with Crippen molar-refractivity contribution in [2.75, 3.05) is 0 Å². The number of esters is 2. The molecule has 0 atom stereocenters. The number of rotatable bonds is 1. The van der Waals surface area contributed by atoms with Crippen molar-refractivity contribution in [3.05, 3.63) is 29.3 Å². The van der Waals surface area contributed by atoms with E-state index >= 15 is 0 Å². The van der Waals surface area contributed by atoms with Crippen molar-refractivity contribution in [1.29, 1.82) is 0 Å². The summed E-state index contributed by atoms with van der Waals surface area (Å²) in [6.45, 7) is 4.36. The maximum Gasteiger partial charge on any atom is 0.346 e. The SMILES string of the molecule is C[Si](C)(I)c1ccc2c(c1)C(=O)OC2=O. The van der Waals surface area contributed by atoms with Gasteiger partial charge in [-0.3, -0.25) is 0 Å². The smallest absolute Gasteiger partial charge is 0.346 e. The zero-order chi connectivity index (χ0) is 11.2. The minimum atomic E-state index is -1.48. The third kappa shape index (κ3) is 1.85. The van der Waals surface area contributed by atoms with Crippen LogP contribution in [0, 0.1) is 0 Å². The Balaban J connectivity index is 2.57. The Morgan fingerprint density at radius 2 is 1.73 bits per heavy atom. The first-order valence-electron chi connectivity index (χ1n) is 4.49. The summed E-state index contributed by atoms with van der Waals surface area (Å²) in [4.78, 5) is 22.5. The molecule has 15 heavy (non-hydrogen) atoms. The number of fused-ring (bicyclic) bond motifs is 1. The van der Waals surface area contributed by atoms with Gasteiger partial charge >= 0.3 is 11.9 Å². The van der Waals surface area contributed by atoms with E-state index < -0.39 is 17.5 Å². The van der Waals surface area contributed by atoms with Crippen LogP contribution in [0.15, 0.2) is 18.2 Å². The van der Waals surface area contributed by atoms with E-state index in [1.807, 2.05) is 6.07 Å². The molecule has 0 N–H and O–H groups in total. The van der Waals surface area contributed by atoms with Crippen LogP contribution in [-0.4, -0.2) is 17.5 Å². The van der Waals surface area contributed by atoms with Crippen molar-refractivity contribution in [3.8, 4) is 0 Å². The molecule has 0 bridgehead atoms. The number of cyclic esters (lactones) is 2. The fourth-order valence-corrected chi connectivity index (χ4v) is 3.43. The van der Waals surface area contributed by atoms with E-state index in [1.165, 1.54) is 0 Å². The quantitative estimate of drug-likeness (QED) is 0.259. The molecule has 0 fully saturated rings. The topological polar surface area (TPSA) is 43.4 Å². The molecule has 0 aliphatic carbocycles. The standard InChI is InChI=1S/C10H9IO3Si/c1-15(2,11)6-3-4-7-8(5-6)10(13)14-9(7)12/h3-5H,1-2H3. The Morgan fingerprint density at radius 3 is 2.33 bits per heavy atom. The van der Waals surface area contributed by atoms with Crippen LogP contribution in [0.4, 0.5) is 0 Å². The van der Waals surface area contributed by atoms with Crippen molar-refractivity contribution in [2.45, 2.75) is 13.1 Å². The Morgan fingerprint density at radius 1 is 1.13 bits per heavy atom. The van der Waals surface area contributed by atoms with E-state index in [-0.39, 0.29) is 0 Å². The predicted molar refractivity (Wildman–Crippen MR) is 67.3 cm³/mol. The van der Waals surface area contributed by atoms with Crippen LogP contribution in [0.2, 0.25) is 13.1 Å². The molecule has 1 heterocycles. The molecule has 1 aromatic rings. The lowest BCUT2D eigenvalue weighted by atomic mass is 10.1. The number of carbonyl (C=O) groups is 2. The summed E-state index contributed by atoms with van der Waals surface area (Å²) in [6.07, 6.45) is 0. The molecule has 3 nitrogen and oxygen atoms in total. The summed E-state index contributed by atoms with van der Waals surface area (Å²) in [5.74, 6) is -1.05. The third-order valence-corrected chi connectivity index (χ3v) is 5.88. The third-order valence-electron chi connectivity index (χ3n) is 2.33. The van der Waals surface area contributed by atoms with Crippen molar-refractivity contribution in [3.63, 3.8) is 0 Å². The second-order valence-corrected chi connectivity index (χ2v) is 15.5. The van der Waals surface area contributed by atoms with E-state index in [9.17, 15) is 9.59 Å². The van der Waals surface area contributed by atoms with Crippen molar-refractivity contribution in [2.24, 2.45) is 0 Å². The average molecular weight is 332 g/mol. The van der Waals surface area contributed by atoms with Crippen LogP contribution in [0.5, 0.6) is 0 Å². The number of hydrogen-bond donors (Lipinski definition) is 0. The zero-order valence-electron chi connectivity index (χ0n) is 8.33. The lowest BCUT2D eigenvalue weighted by Crippen LogP contribution is -2.34. The minimum Gasteiger partial charge on any atom is -0.386 e. The zero-order valence-corrected chi connectivity index (χ0v) is 11.5. The van der Waals surface area contributed by atoms with Crippen LogP contribution in [0.3, 0.4) is 0 Å². The Kier molecular flexibility index (Phi) is 2.46. The first kappa shape index (κ1) is 10.8. The highest BCUT2D eigenvalue weighted by Crippen LogP contribution is 2.21. The van der Waals surface area contributed by atoms with Gasteiger partial charge in [0, 0.05) is 0 Å². The molecule has 0 saturated heterocycles. The van der Waals surface area contributed by atoms with Gasteiger partial charge in [-0.05, 0) is 17.3 Å². The maximum atomic E-state index is 11.3. The summed E-state index contributed by atoms with van der Waals surface area (Å²) in [5, 5.41) is 1.15. The minimum absolute atomic E-state index is 0.387. The molecule has 78 valence electrons. The van der Waals surface area contributed by atoms with Gasteiger partial charge in [0.15, 0.2) is 0 Å². The number of hydrogen-bond acceptors (Lipinski definition) is 3. The molecule has 0 unspecified atom stereocenters. The van der Waals surface area contributed by atoms with Gasteiger partial charge in [0.05, 0.1) is 11.1 Å². The van der Waals surface area contributed by atoms with Crippen molar-refractivity contribution in [1.82, 2.24) is 0 Å². The Labute approximate surface area is 101 Å². The van der Waals surface area contributed by atoms with Gasteiger partial charge in [0.2, 0.25) is 0 Å². The highest BCUT2D eigenvalue weighted by molar-refractivity contribution is 14.1. The molecular formula is C10H9IO3Si. The van der Waals surface area contributed by atoms with Gasteiger partial charge in [-0.2, -0.15) is 0 Å². The first-order chi connectivity index (χ1) is 6.89. The van der Waals surface area contributed by atoms with Crippen LogP contribution in [-0.2, 0) is 4.74 Å². The molecular weight excluding hydrogens is 323 g/mol. The lowest BCUT2D eigenvalue weighted by Gasteiger charge is -2.14. The predicted octanol–water partition coefficient (Wildman–Crippen LogP) is 1.84. The molecule has 2 rings (SSSR count). The summed E-state index contributed by atoms with van der Waals surface area (Å²) >= 11 is 2.42. The first-order valence-corrected chi connectivity index (χ1v) is 10.6. The molecule has 0 aromatic heterocycles. The van der Waals surface area contributed by atoms with E-state index in [2.05, 4.69) is 39.6 Å². The van der Waals surface area contributed by atoms with Gasteiger partial charge < -0.3 is 4.74 Å². The van der Waals surface area contributed by atoms with Crippen LogP contribution in [0.1, 0.15) is 20.7 Å². The number of halogens is 1. The van der Waals surface area contributed by atoms with Gasteiger partial charge in [0.25, 0.3) is 0 Å². The van der Waals surface area contributed by atoms with Crippen LogP contribution in [0.25, 0.3) is 0 Å². The van der Waals surface area contributed by atoms with Gasteiger partial charge in [0.1, 0.15) is 5.57 Å². The summed E-state index contributed by atoms with van der Waals surface area (Å²) < 4.78 is 4.53. The van der Waals surface area contributed by atoms with Gasteiger partial charge in [-0.1, -0.05) is 19.2 Å². The summed E-state index contributed by atoms with van der Waals surface area (Å²) in [7, 11) is 0. The van der Waals surface area contributed by atoms with Crippen molar-refractivity contribution >= 4 is 44.5 Å². The number of carbonyl (C=O) groups excluding carboxylic acids is 2. The molecule has 1 aromatic carbocycles. The monoisotopic (exact) mass is 332 g/mol. The molecule has 5 heteroatoms. The van der Waals surface area contributed by atoms with E-state index in [0.29, 0.717) is 11.1 Å². The molecule has 0 amide bonds. The van der Waals surface area contributed by atoms with Crippen molar-refractivity contribution < 1.29 is 14.3 Å². The normalized spacial score (nSPS) is 15.1. The van der Waals surface area contributed by atoms with E-state index in [1.54, 1.807) is 12.1 Å². The van der Waals surface area contributed by atoms with Crippen LogP contribution < -0.4 is 5.19 Å². The van der Waals surface area contributed by atoms with Gasteiger partial charge in [-0.15, -0.1) is 21.8 Å². The summed E-state index contributed by atoms with van der Waals surface area (Å²) in [5.41, 5.74) is -0.678. The average Bonchev–Trinajstić information content (AvgIpc) is 2.41. The largest absolute Gasteiger partial charge is 0.386 e. The maximum absolute atomic E-state index is 11.3. The lowest BCUT2D eigenvalue weighted by molar-refractivity contribution is 0.0444. The Bertz CT molecular complexity index is 462. The molecule has 1 aliphatic rings. The second kappa shape index (κ2) is 3.41. The van der Waals surface area contributed by atoms with E-state index in [0.717, 1.165) is 5.19 Å². The molecule has 0 radical (unpaired) electrons. The molecule has 1 aliphatic heterocycles. The number of ether oxygens (including phenoxy) is 1. The number of benzene rings is 1. The van der Waals surface area contributed by atoms with Crippen LogP contribution >= 0.6 is 21.8 Å². The highest BCUT2D eigenvalue weighted by atomic mass is 127. The second-order valence-electron chi connectivity index (χ2n) is 3.91. The van der Waals surface area contributed by atoms with E-state index in [4.69, 9.17) is 0 Å². The van der Waals surface area contributed by atoms with Gasteiger partial charge in [-0.25, -0.2) is 9.59 Å². The fraction of sp³-hybridized carbons (Fsp3) is 0.200. The molecule has 0 spiro atoms.